The Hall–Kier alpha value is -2.88. The molecule has 9 heteroatoms. The van der Waals surface area contributed by atoms with Gasteiger partial charge in [-0.05, 0) is 72.3 Å². The maximum Gasteiger partial charge on any atom is 0.254 e. The van der Waals surface area contributed by atoms with Crippen LogP contribution in [0.2, 0.25) is 0 Å². The summed E-state index contributed by atoms with van der Waals surface area (Å²) in [6, 6.07) is 15.0. The zero-order valence-electron chi connectivity index (χ0n) is 21.7. The Labute approximate surface area is 231 Å². The van der Waals surface area contributed by atoms with E-state index in [4.69, 9.17) is 14.2 Å². The van der Waals surface area contributed by atoms with Crippen molar-refractivity contribution >= 4 is 39.1 Å². The molecule has 0 saturated carbocycles. The van der Waals surface area contributed by atoms with Gasteiger partial charge in [-0.2, -0.15) is 0 Å². The highest BCUT2D eigenvalue weighted by Crippen LogP contribution is 2.28. The van der Waals surface area contributed by atoms with Crippen LogP contribution in [0.3, 0.4) is 0 Å². The predicted molar refractivity (Wildman–Crippen MR) is 150 cm³/mol. The van der Waals surface area contributed by atoms with E-state index in [0.29, 0.717) is 49.7 Å². The van der Waals surface area contributed by atoms with Crippen LogP contribution in [0.4, 0.5) is 0 Å². The number of carbonyl (C=O) groups is 2. The zero-order chi connectivity index (χ0) is 26.8. The summed E-state index contributed by atoms with van der Waals surface area (Å²) >= 11 is 5.03. The van der Waals surface area contributed by atoms with Gasteiger partial charge >= 0.3 is 0 Å². The van der Waals surface area contributed by atoms with Gasteiger partial charge in [0.25, 0.3) is 5.91 Å². The second-order valence-corrected chi connectivity index (χ2v) is 10.4. The van der Waals surface area contributed by atoms with Crippen LogP contribution in [-0.4, -0.2) is 69.2 Å². The predicted octanol–water partition coefficient (Wildman–Crippen LogP) is 5.20. The molecule has 0 atom stereocenters. The molecule has 2 amide bonds. The summed E-state index contributed by atoms with van der Waals surface area (Å²) < 4.78 is 16.9. The van der Waals surface area contributed by atoms with Crippen LogP contribution < -0.4 is 9.47 Å². The van der Waals surface area contributed by atoms with E-state index < -0.39 is 0 Å². The van der Waals surface area contributed by atoms with Gasteiger partial charge in [0, 0.05) is 35.1 Å². The van der Waals surface area contributed by atoms with E-state index in [1.165, 1.54) is 0 Å². The average molecular weight is 590 g/mol. The van der Waals surface area contributed by atoms with Gasteiger partial charge in [0.2, 0.25) is 5.91 Å². The van der Waals surface area contributed by atoms with Gasteiger partial charge in [0.1, 0.15) is 6.54 Å². The number of carbonyl (C=O) groups excluding carboxylic acids is 2. The average Bonchev–Trinajstić information content (AvgIpc) is 3.32. The smallest absolute Gasteiger partial charge is 0.254 e. The molecule has 2 aromatic carbocycles. The summed E-state index contributed by atoms with van der Waals surface area (Å²) in [6.07, 6.45) is 0.634. The van der Waals surface area contributed by atoms with Crippen LogP contribution in [0.15, 0.2) is 58.4 Å². The van der Waals surface area contributed by atoms with Gasteiger partial charge in [-0.3, -0.25) is 9.59 Å². The normalized spacial score (nSPS) is 10.7. The van der Waals surface area contributed by atoms with Crippen molar-refractivity contribution in [2.75, 3.05) is 47.6 Å². The first-order valence-electron chi connectivity index (χ1n) is 11.9. The Morgan fingerprint density at radius 1 is 0.919 bits per heavy atom. The molecular formula is C28H33BrN2O5S. The largest absolute Gasteiger partial charge is 0.493 e. The van der Waals surface area contributed by atoms with E-state index in [1.54, 1.807) is 49.7 Å². The number of nitrogens with zero attached hydrogens (tertiary/aromatic N) is 2. The number of aryl methyl sites for hydroxylation is 1. The molecule has 37 heavy (non-hydrogen) atoms. The highest BCUT2D eigenvalue weighted by atomic mass is 79.9. The Morgan fingerprint density at radius 3 is 2.27 bits per heavy atom. The topological polar surface area (TPSA) is 68.3 Å². The van der Waals surface area contributed by atoms with Crippen molar-refractivity contribution in [3.63, 3.8) is 0 Å². The van der Waals surface area contributed by atoms with E-state index in [2.05, 4.69) is 22.0 Å². The second-order valence-electron chi connectivity index (χ2n) is 8.51. The number of hydrogen-bond donors (Lipinski definition) is 0. The van der Waals surface area contributed by atoms with Gasteiger partial charge in [-0.1, -0.05) is 22.0 Å². The van der Waals surface area contributed by atoms with E-state index in [9.17, 15) is 9.59 Å². The van der Waals surface area contributed by atoms with Crippen LogP contribution >= 0.6 is 27.3 Å². The maximum absolute atomic E-state index is 13.6. The van der Waals surface area contributed by atoms with Crippen molar-refractivity contribution in [1.29, 1.82) is 0 Å². The highest BCUT2D eigenvalue weighted by Gasteiger charge is 2.23. The third kappa shape index (κ3) is 8.05. The minimum Gasteiger partial charge on any atom is -0.493 e. The number of hydrogen-bond acceptors (Lipinski definition) is 6. The monoisotopic (exact) mass is 588 g/mol. The number of amides is 2. The number of ether oxygens (including phenoxy) is 3. The summed E-state index contributed by atoms with van der Waals surface area (Å²) in [4.78, 5) is 31.4. The van der Waals surface area contributed by atoms with Crippen molar-refractivity contribution in [2.45, 2.75) is 19.9 Å². The Kier molecular flexibility index (Phi) is 11.0. The third-order valence-corrected chi connectivity index (χ3v) is 7.58. The lowest BCUT2D eigenvalue weighted by Crippen LogP contribution is -2.44. The van der Waals surface area contributed by atoms with Gasteiger partial charge in [0.15, 0.2) is 11.5 Å². The quantitative estimate of drug-likeness (QED) is 0.274. The van der Waals surface area contributed by atoms with Crippen LogP contribution in [0.5, 0.6) is 11.5 Å². The molecule has 198 valence electrons. The number of methoxy groups -OCH3 is 3. The molecule has 0 aliphatic carbocycles. The molecule has 0 aliphatic heterocycles. The fourth-order valence-electron chi connectivity index (χ4n) is 3.82. The molecule has 0 unspecified atom stereocenters. The number of thiophene rings is 1. The van der Waals surface area contributed by atoms with Crippen molar-refractivity contribution in [3.05, 3.63) is 80.0 Å². The van der Waals surface area contributed by atoms with Gasteiger partial charge in [-0.25, -0.2) is 0 Å². The van der Waals surface area contributed by atoms with Crippen LogP contribution in [0, 0.1) is 6.92 Å². The molecule has 0 spiro atoms. The van der Waals surface area contributed by atoms with E-state index in [-0.39, 0.29) is 18.4 Å². The molecule has 0 bridgehead atoms. The molecule has 0 aliphatic rings. The number of halogens is 1. The van der Waals surface area contributed by atoms with Crippen LogP contribution in [-0.2, 0) is 22.5 Å². The van der Waals surface area contributed by atoms with Gasteiger partial charge in [0.05, 0.1) is 27.4 Å². The Balaban J connectivity index is 1.79. The molecule has 0 fully saturated rings. The molecule has 1 aromatic heterocycles. The first-order chi connectivity index (χ1) is 17.9. The minimum absolute atomic E-state index is 0.0331. The molecule has 3 aromatic rings. The Morgan fingerprint density at radius 2 is 1.65 bits per heavy atom. The lowest BCUT2D eigenvalue weighted by Gasteiger charge is -2.28. The molecule has 7 nitrogen and oxygen atoms in total. The summed E-state index contributed by atoms with van der Waals surface area (Å²) in [5.41, 5.74) is 2.70. The summed E-state index contributed by atoms with van der Waals surface area (Å²) in [7, 11) is 4.79. The van der Waals surface area contributed by atoms with Gasteiger partial charge < -0.3 is 24.0 Å². The fourth-order valence-corrected chi connectivity index (χ4v) is 5.01. The second kappa shape index (κ2) is 14.2. The minimum atomic E-state index is -0.204. The lowest BCUT2D eigenvalue weighted by molar-refractivity contribution is -0.132. The molecule has 3 rings (SSSR count). The first kappa shape index (κ1) is 28.7. The highest BCUT2D eigenvalue weighted by molar-refractivity contribution is 9.10. The Bertz CT molecular complexity index is 1180. The van der Waals surface area contributed by atoms with Crippen LogP contribution in [0.1, 0.15) is 26.4 Å². The molecular weight excluding hydrogens is 556 g/mol. The third-order valence-electron chi connectivity index (χ3n) is 6.04. The fraction of sp³-hybridized carbons (Fsp3) is 0.357. The van der Waals surface area contributed by atoms with E-state index >= 15 is 0 Å². The lowest BCUT2D eigenvalue weighted by atomic mass is 10.1. The van der Waals surface area contributed by atoms with Crippen molar-refractivity contribution in [2.24, 2.45) is 0 Å². The van der Waals surface area contributed by atoms with Crippen molar-refractivity contribution in [3.8, 4) is 11.5 Å². The molecule has 1 heterocycles. The SMILES string of the molecule is COCCN(CC(=O)N(CCc1ccc(OC)c(OC)c1)Cc1sccc1C)C(=O)c1ccc(Br)cc1. The number of benzene rings is 2. The standard InChI is InChI=1S/C28H33BrN2O5S/c1-20-12-16-37-26(20)18-30(13-11-21-5-10-24(35-3)25(17-21)36-4)27(32)19-31(14-15-34-2)28(33)22-6-8-23(29)9-7-22/h5-10,12,16-17H,11,13-15,18-19H2,1-4H3. The number of rotatable bonds is 13. The molecule has 0 radical (unpaired) electrons. The summed E-state index contributed by atoms with van der Waals surface area (Å²) in [5, 5.41) is 2.03. The van der Waals surface area contributed by atoms with E-state index in [1.807, 2.05) is 47.5 Å². The zero-order valence-corrected chi connectivity index (χ0v) is 24.1. The maximum atomic E-state index is 13.6. The first-order valence-corrected chi connectivity index (χ1v) is 13.6. The molecule has 0 N–H and O–H groups in total. The summed E-state index contributed by atoms with van der Waals surface area (Å²) in [5.74, 6) is 0.992. The van der Waals surface area contributed by atoms with Crippen molar-refractivity contribution < 1.29 is 23.8 Å². The van der Waals surface area contributed by atoms with Crippen molar-refractivity contribution in [1.82, 2.24) is 9.80 Å². The van der Waals surface area contributed by atoms with Gasteiger partial charge in [-0.15, -0.1) is 11.3 Å². The van der Waals surface area contributed by atoms with Crippen LogP contribution in [0.25, 0.3) is 0 Å². The summed E-state index contributed by atoms with van der Waals surface area (Å²) in [6.45, 7) is 3.65. The van der Waals surface area contributed by atoms with E-state index in [0.717, 1.165) is 20.5 Å². The molecule has 0 saturated heterocycles.